The highest BCUT2D eigenvalue weighted by atomic mass is 32.1. The molecule has 0 aliphatic carbocycles. The zero-order chi connectivity index (χ0) is 24.5. The Labute approximate surface area is 200 Å². The van der Waals surface area contributed by atoms with Gasteiger partial charge < -0.3 is 19.3 Å². The average Bonchev–Trinajstić information content (AvgIpc) is 3.48. The maximum absolute atomic E-state index is 13.4. The van der Waals surface area contributed by atoms with Gasteiger partial charge in [0.05, 0.1) is 13.2 Å². The second-order valence-electron chi connectivity index (χ2n) is 8.82. The molecule has 3 heterocycles. The highest BCUT2D eigenvalue weighted by molar-refractivity contribution is 7.15. The molecule has 8 heteroatoms. The molecule has 2 aromatic carbocycles. The molecule has 4 nitrogen and oxygen atoms in total. The average molecular weight is 493 g/mol. The van der Waals surface area contributed by atoms with Crippen molar-refractivity contribution in [2.24, 2.45) is 0 Å². The lowest BCUT2D eigenvalue weighted by molar-refractivity contribution is -0.192. The van der Waals surface area contributed by atoms with E-state index in [0.29, 0.717) is 16.9 Å². The van der Waals surface area contributed by atoms with Gasteiger partial charge in [0, 0.05) is 22.6 Å². The summed E-state index contributed by atoms with van der Waals surface area (Å²) in [5.74, 6) is -4.26. The second kappa shape index (κ2) is 10.2. The first-order valence-corrected chi connectivity index (χ1v) is 11.9. The Morgan fingerprint density at radius 1 is 1.03 bits per heavy atom. The number of hydrogen-bond donors (Lipinski definition) is 1. The molecule has 34 heavy (non-hydrogen) atoms. The molecule has 0 radical (unpaired) electrons. The van der Waals surface area contributed by atoms with Crippen molar-refractivity contribution in [2.75, 3.05) is 6.61 Å². The van der Waals surface area contributed by atoms with Crippen molar-refractivity contribution in [3.63, 3.8) is 0 Å². The fourth-order valence-electron chi connectivity index (χ4n) is 3.97. The summed E-state index contributed by atoms with van der Waals surface area (Å²) < 4.78 is 56.1. The van der Waals surface area contributed by atoms with Crippen LogP contribution in [-0.2, 0) is 27.2 Å². The number of halogens is 3. The summed E-state index contributed by atoms with van der Waals surface area (Å²) in [6.45, 7) is 6.57. The number of ether oxygens (including phenoxy) is 3. The van der Waals surface area contributed by atoms with E-state index in [1.54, 1.807) is 6.07 Å². The van der Waals surface area contributed by atoms with E-state index in [9.17, 15) is 18.3 Å². The van der Waals surface area contributed by atoms with E-state index >= 15 is 0 Å². The van der Waals surface area contributed by atoms with Crippen molar-refractivity contribution < 1.29 is 32.5 Å². The number of aliphatic hydroxyl groups excluding tert-OH is 1. The molecule has 0 saturated carbocycles. The van der Waals surface area contributed by atoms with Crippen molar-refractivity contribution in [3.8, 4) is 10.4 Å². The van der Waals surface area contributed by atoms with Crippen LogP contribution in [0.1, 0.15) is 41.8 Å². The molecule has 2 aliphatic heterocycles. The number of benzene rings is 2. The fourth-order valence-corrected chi connectivity index (χ4v) is 4.99. The summed E-state index contributed by atoms with van der Waals surface area (Å²) in [4.78, 5) is 1.70. The highest BCUT2D eigenvalue weighted by Crippen LogP contribution is 2.34. The summed E-state index contributed by atoms with van der Waals surface area (Å²) in [6.07, 6.45) is 1.70. The Morgan fingerprint density at radius 2 is 1.76 bits per heavy atom. The van der Waals surface area contributed by atoms with Gasteiger partial charge in [-0.1, -0.05) is 18.2 Å². The second-order valence-corrected chi connectivity index (χ2v) is 9.99. The summed E-state index contributed by atoms with van der Waals surface area (Å²) in [7, 11) is 0. The normalized spacial score (nSPS) is 20.7. The lowest BCUT2D eigenvalue weighted by atomic mass is 10.0. The van der Waals surface area contributed by atoms with E-state index in [1.165, 1.54) is 11.3 Å². The molecule has 0 spiro atoms. The van der Waals surface area contributed by atoms with E-state index in [1.807, 2.05) is 45.0 Å². The number of fused-ring (bicyclic) bond motifs is 1. The monoisotopic (exact) mass is 492 g/mol. The van der Waals surface area contributed by atoms with Gasteiger partial charge in [0.15, 0.2) is 29.5 Å². The van der Waals surface area contributed by atoms with Gasteiger partial charge in [-0.3, -0.25) is 0 Å². The largest absolute Gasteiger partial charge is 0.392 e. The van der Waals surface area contributed by atoms with Crippen LogP contribution in [0.4, 0.5) is 13.2 Å². The molecule has 2 unspecified atom stereocenters. The van der Waals surface area contributed by atoms with Gasteiger partial charge in [-0.25, -0.2) is 13.2 Å². The van der Waals surface area contributed by atoms with Gasteiger partial charge in [-0.15, -0.1) is 11.3 Å². The summed E-state index contributed by atoms with van der Waals surface area (Å²) in [6, 6.07) is 11.5. The Morgan fingerprint density at radius 3 is 2.44 bits per heavy atom. The van der Waals surface area contributed by atoms with Crippen LogP contribution in [0.5, 0.6) is 0 Å². The zero-order valence-corrected chi connectivity index (χ0v) is 20.1. The number of hydrogen-bond acceptors (Lipinski definition) is 5. The quantitative estimate of drug-likeness (QED) is 0.447. The van der Waals surface area contributed by atoms with Crippen molar-refractivity contribution in [1.29, 1.82) is 0 Å². The van der Waals surface area contributed by atoms with Gasteiger partial charge in [-0.2, -0.15) is 0 Å². The molecule has 2 saturated heterocycles. The van der Waals surface area contributed by atoms with Crippen LogP contribution in [0.3, 0.4) is 0 Å². The first kappa shape index (κ1) is 24.9. The minimum atomic E-state index is -1.45. The van der Waals surface area contributed by atoms with E-state index < -0.39 is 23.2 Å². The molecule has 3 aromatic rings. The zero-order valence-electron chi connectivity index (χ0n) is 19.2. The lowest BCUT2D eigenvalue weighted by Gasteiger charge is -2.17. The standard InChI is InChI=1S/C19H15F3OS.C7H12O3/c1-11-2-3-12(10-23)6-13(11)7-15-4-5-18(24-15)14-8-16(20)19(22)17(21)9-14;1-7(2)9-5-3-4-8-6(5)10-7/h2-6,8-9,23H,7,10H2,1H3;5-6H,3-4H2,1-2H3. The van der Waals surface area contributed by atoms with Crippen molar-refractivity contribution in [3.05, 3.63) is 81.5 Å². The van der Waals surface area contributed by atoms with Crippen molar-refractivity contribution in [2.45, 2.75) is 58.4 Å². The smallest absolute Gasteiger partial charge is 0.194 e. The predicted octanol–water partition coefficient (Wildman–Crippen LogP) is 6.11. The van der Waals surface area contributed by atoms with Crippen LogP contribution in [0.15, 0.2) is 42.5 Å². The van der Waals surface area contributed by atoms with Crippen LogP contribution in [0.25, 0.3) is 10.4 Å². The molecule has 182 valence electrons. The molecule has 0 bridgehead atoms. The minimum Gasteiger partial charge on any atom is -0.392 e. The summed E-state index contributed by atoms with van der Waals surface area (Å²) in [5, 5.41) is 9.25. The van der Waals surface area contributed by atoms with Gasteiger partial charge in [-0.05, 0) is 67.3 Å². The first-order valence-electron chi connectivity index (χ1n) is 11.1. The topological polar surface area (TPSA) is 47.9 Å². The molecule has 0 amide bonds. The van der Waals surface area contributed by atoms with E-state index in [0.717, 1.165) is 46.7 Å². The van der Waals surface area contributed by atoms with Crippen LogP contribution in [-0.4, -0.2) is 29.9 Å². The highest BCUT2D eigenvalue weighted by Gasteiger charge is 2.44. The van der Waals surface area contributed by atoms with Crippen LogP contribution in [0, 0.1) is 24.4 Å². The predicted molar refractivity (Wildman–Crippen MR) is 124 cm³/mol. The third-order valence-electron chi connectivity index (χ3n) is 5.71. The number of aryl methyl sites for hydroxylation is 1. The molecular formula is C26H27F3O4S. The fraction of sp³-hybridized carbons (Fsp3) is 0.385. The third-order valence-corrected chi connectivity index (χ3v) is 6.85. The maximum Gasteiger partial charge on any atom is 0.194 e. The van der Waals surface area contributed by atoms with Crippen molar-refractivity contribution in [1.82, 2.24) is 0 Å². The van der Waals surface area contributed by atoms with Gasteiger partial charge in [0.1, 0.15) is 6.10 Å². The molecule has 1 aromatic heterocycles. The molecule has 5 rings (SSSR count). The van der Waals surface area contributed by atoms with Crippen LogP contribution in [0.2, 0.25) is 0 Å². The molecule has 1 N–H and O–H groups in total. The first-order chi connectivity index (χ1) is 16.1. The Hall–Kier alpha value is -2.23. The Balaban J connectivity index is 0.000000226. The van der Waals surface area contributed by atoms with E-state index in [4.69, 9.17) is 14.2 Å². The third kappa shape index (κ3) is 5.70. The maximum atomic E-state index is 13.4. The van der Waals surface area contributed by atoms with Gasteiger partial charge in [0.25, 0.3) is 0 Å². The van der Waals surface area contributed by atoms with E-state index in [-0.39, 0.29) is 19.0 Å². The van der Waals surface area contributed by atoms with Gasteiger partial charge in [0.2, 0.25) is 0 Å². The SMILES string of the molecule is CC1(C)OC2CCOC2O1.Cc1ccc(CO)cc1Cc1ccc(-c2cc(F)c(F)c(F)c2)s1. The van der Waals surface area contributed by atoms with Gasteiger partial charge >= 0.3 is 0 Å². The minimum absolute atomic E-state index is 0.0168. The van der Waals surface area contributed by atoms with Crippen molar-refractivity contribution >= 4 is 11.3 Å². The number of aliphatic hydroxyl groups is 1. The number of rotatable bonds is 4. The molecule has 2 aliphatic rings. The van der Waals surface area contributed by atoms with E-state index in [2.05, 4.69) is 0 Å². The summed E-state index contributed by atoms with van der Waals surface area (Å²) >= 11 is 1.41. The van der Waals surface area contributed by atoms with Crippen LogP contribution < -0.4 is 0 Å². The number of thiophene rings is 1. The molecule has 2 fully saturated rings. The molecular weight excluding hydrogens is 465 g/mol. The Kier molecular flexibility index (Phi) is 7.45. The lowest BCUT2D eigenvalue weighted by Crippen LogP contribution is -2.22. The Bertz CT molecular complexity index is 1120. The molecule has 2 atom stereocenters. The van der Waals surface area contributed by atoms with Crippen LogP contribution >= 0.6 is 11.3 Å². The summed E-state index contributed by atoms with van der Waals surface area (Å²) in [5.41, 5.74) is 3.37.